The second kappa shape index (κ2) is 4.70. The van der Waals surface area contributed by atoms with Crippen LogP contribution in [0, 0.1) is 17.0 Å². The fraction of sp³-hybridized carbons (Fsp3) is 0.0833. The van der Waals surface area contributed by atoms with Crippen molar-refractivity contribution in [1.82, 2.24) is 4.98 Å². The molecular formula is C12H11N3O3. The predicted molar refractivity (Wildman–Crippen MR) is 66.6 cm³/mol. The van der Waals surface area contributed by atoms with Crippen molar-refractivity contribution in [3.8, 4) is 11.6 Å². The Bertz CT molecular complexity index is 599. The zero-order chi connectivity index (χ0) is 13.1. The monoisotopic (exact) mass is 245 g/mol. The molecule has 18 heavy (non-hydrogen) atoms. The summed E-state index contributed by atoms with van der Waals surface area (Å²) in [5.41, 5.74) is 6.25. The molecule has 6 heteroatoms. The molecule has 0 aliphatic heterocycles. The number of hydrogen-bond donors (Lipinski definition) is 1. The average molecular weight is 245 g/mol. The van der Waals surface area contributed by atoms with Crippen LogP contribution in [-0.4, -0.2) is 9.91 Å². The van der Waals surface area contributed by atoms with Gasteiger partial charge in [0.15, 0.2) is 0 Å². The quantitative estimate of drug-likeness (QED) is 0.663. The minimum atomic E-state index is -0.539. The number of nitrogens with zero attached hydrogens (tertiary/aromatic N) is 2. The molecule has 0 spiro atoms. The Labute approximate surface area is 103 Å². The topological polar surface area (TPSA) is 91.3 Å². The van der Waals surface area contributed by atoms with Gasteiger partial charge in [0.1, 0.15) is 11.6 Å². The van der Waals surface area contributed by atoms with Crippen molar-refractivity contribution in [3.05, 3.63) is 52.1 Å². The lowest BCUT2D eigenvalue weighted by Crippen LogP contribution is -1.97. The van der Waals surface area contributed by atoms with Crippen LogP contribution >= 0.6 is 0 Å². The lowest BCUT2D eigenvalue weighted by molar-refractivity contribution is -0.384. The van der Waals surface area contributed by atoms with E-state index >= 15 is 0 Å². The number of para-hydroxylation sites is 1. The predicted octanol–water partition coefficient (Wildman–Crippen LogP) is 2.67. The maximum absolute atomic E-state index is 10.7. The summed E-state index contributed by atoms with van der Waals surface area (Å²) in [5, 5.41) is 10.7. The first kappa shape index (κ1) is 11.8. The molecule has 0 fully saturated rings. The highest BCUT2D eigenvalue weighted by Crippen LogP contribution is 2.27. The number of hydrogen-bond acceptors (Lipinski definition) is 5. The Kier molecular flexibility index (Phi) is 3.09. The van der Waals surface area contributed by atoms with E-state index in [0.717, 1.165) is 5.56 Å². The SMILES string of the molecule is Cc1ccccc1Oc1cc([N+](=O)[O-])cc(N)n1. The van der Waals surface area contributed by atoms with Crippen molar-refractivity contribution in [1.29, 1.82) is 0 Å². The first-order valence-corrected chi connectivity index (χ1v) is 5.21. The summed E-state index contributed by atoms with van der Waals surface area (Å²) in [6, 6.07) is 9.73. The standard InChI is InChI=1S/C12H11N3O3/c1-8-4-2-3-5-10(8)18-12-7-9(15(16)17)6-11(13)14-12/h2-7H,1H3,(H2,13,14). The minimum absolute atomic E-state index is 0.0489. The van der Waals surface area contributed by atoms with Gasteiger partial charge >= 0.3 is 0 Å². The van der Waals surface area contributed by atoms with Gasteiger partial charge in [0, 0.05) is 0 Å². The van der Waals surface area contributed by atoms with E-state index in [1.807, 2.05) is 25.1 Å². The zero-order valence-corrected chi connectivity index (χ0v) is 9.66. The average Bonchev–Trinajstić information content (AvgIpc) is 2.31. The first-order valence-electron chi connectivity index (χ1n) is 5.21. The maximum Gasteiger partial charge on any atom is 0.278 e. The van der Waals surface area contributed by atoms with Crippen LogP contribution in [0.2, 0.25) is 0 Å². The number of rotatable bonds is 3. The second-order valence-electron chi connectivity index (χ2n) is 3.71. The third-order valence-electron chi connectivity index (χ3n) is 2.33. The molecule has 1 aromatic heterocycles. The molecule has 0 aliphatic rings. The summed E-state index contributed by atoms with van der Waals surface area (Å²) in [5.74, 6) is 0.744. The van der Waals surface area contributed by atoms with E-state index in [4.69, 9.17) is 10.5 Å². The maximum atomic E-state index is 10.7. The van der Waals surface area contributed by atoms with Crippen LogP contribution in [0.4, 0.5) is 11.5 Å². The third kappa shape index (κ3) is 2.54. The van der Waals surface area contributed by atoms with Crippen LogP contribution in [0.3, 0.4) is 0 Å². The smallest absolute Gasteiger partial charge is 0.278 e. The fourth-order valence-electron chi connectivity index (χ4n) is 1.45. The molecule has 2 N–H and O–H groups in total. The van der Waals surface area contributed by atoms with Gasteiger partial charge in [-0.25, -0.2) is 0 Å². The van der Waals surface area contributed by atoms with Crippen molar-refractivity contribution in [3.63, 3.8) is 0 Å². The van der Waals surface area contributed by atoms with Crippen LogP contribution in [-0.2, 0) is 0 Å². The van der Waals surface area contributed by atoms with Gasteiger partial charge in [0.25, 0.3) is 5.69 Å². The van der Waals surface area contributed by atoms with Crippen molar-refractivity contribution < 1.29 is 9.66 Å². The largest absolute Gasteiger partial charge is 0.438 e. The van der Waals surface area contributed by atoms with Gasteiger partial charge in [0.05, 0.1) is 17.1 Å². The number of nitrogens with two attached hydrogens (primary N) is 1. The van der Waals surface area contributed by atoms with Crippen molar-refractivity contribution >= 4 is 11.5 Å². The number of anilines is 1. The van der Waals surface area contributed by atoms with E-state index in [1.54, 1.807) is 6.07 Å². The Morgan fingerprint density at radius 3 is 2.72 bits per heavy atom. The van der Waals surface area contributed by atoms with Crippen LogP contribution < -0.4 is 10.5 Å². The summed E-state index contributed by atoms with van der Waals surface area (Å²) < 4.78 is 5.49. The Morgan fingerprint density at radius 1 is 1.33 bits per heavy atom. The number of aromatic nitrogens is 1. The summed E-state index contributed by atoms with van der Waals surface area (Å²) in [4.78, 5) is 14.1. The van der Waals surface area contributed by atoms with Crippen molar-refractivity contribution in [2.75, 3.05) is 5.73 Å². The molecule has 2 aromatic rings. The molecule has 0 unspecified atom stereocenters. The van der Waals surface area contributed by atoms with Crippen LogP contribution in [0.5, 0.6) is 11.6 Å². The summed E-state index contributed by atoms with van der Waals surface area (Å²) >= 11 is 0. The molecule has 0 saturated carbocycles. The highest BCUT2D eigenvalue weighted by atomic mass is 16.6. The molecule has 0 saturated heterocycles. The van der Waals surface area contributed by atoms with Gasteiger partial charge in [-0.3, -0.25) is 10.1 Å². The summed E-state index contributed by atoms with van der Waals surface area (Å²) in [6.45, 7) is 1.87. The van der Waals surface area contributed by atoms with Crippen LogP contribution in [0.1, 0.15) is 5.56 Å². The molecule has 0 aliphatic carbocycles. The summed E-state index contributed by atoms with van der Waals surface area (Å²) in [6.07, 6.45) is 0. The number of aryl methyl sites for hydroxylation is 1. The Balaban J connectivity index is 2.35. The lowest BCUT2D eigenvalue weighted by atomic mass is 10.2. The first-order chi connectivity index (χ1) is 8.56. The van der Waals surface area contributed by atoms with Crippen molar-refractivity contribution in [2.45, 2.75) is 6.92 Å². The van der Waals surface area contributed by atoms with E-state index in [-0.39, 0.29) is 17.4 Å². The number of nitro groups is 1. The van der Waals surface area contributed by atoms with Gasteiger partial charge in [-0.2, -0.15) is 4.98 Å². The van der Waals surface area contributed by atoms with E-state index in [0.29, 0.717) is 5.75 Å². The Hall–Kier alpha value is -2.63. The number of ether oxygens (including phenoxy) is 1. The molecule has 92 valence electrons. The molecule has 0 amide bonds. The Morgan fingerprint density at radius 2 is 2.06 bits per heavy atom. The van der Waals surface area contributed by atoms with E-state index in [9.17, 15) is 10.1 Å². The lowest BCUT2D eigenvalue weighted by Gasteiger charge is -2.07. The van der Waals surface area contributed by atoms with E-state index in [1.165, 1.54) is 12.1 Å². The van der Waals surface area contributed by atoms with Crippen LogP contribution in [0.15, 0.2) is 36.4 Å². The molecular weight excluding hydrogens is 234 g/mol. The highest BCUT2D eigenvalue weighted by molar-refractivity contribution is 5.46. The number of nitrogen functional groups attached to an aromatic ring is 1. The molecule has 6 nitrogen and oxygen atoms in total. The zero-order valence-electron chi connectivity index (χ0n) is 9.66. The molecule has 0 atom stereocenters. The number of benzene rings is 1. The second-order valence-corrected chi connectivity index (χ2v) is 3.71. The molecule has 1 aromatic carbocycles. The van der Waals surface area contributed by atoms with E-state index in [2.05, 4.69) is 4.98 Å². The van der Waals surface area contributed by atoms with Gasteiger partial charge in [0.2, 0.25) is 5.88 Å². The molecule has 0 radical (unpaired) electrons. The van der Waals surface area contributed by atoms with Gasteiger partial charge in [-0.05, 0) is 18.6 Å². The van der Waals surface area contributed by atoms with Crippen LogP contribution in [0.25, 0.3) is 0 Å². The number of pyridine rings is 1. The van der Waals surface area contributed by atoms with Gasteiger partial charge in [-0.15, -0.1) is 0 Å². The van der Waals surface area contributed by atoms with Gasteiger partial charge < -0.3 is 10.5 Å². The summed E-state index contributed by atoms with van der Waals surface area (Å²) in [7, 11) is 0. The minimum Gasteiger partial charge on any atom is -0.438 e. The molecule has 2 rings (SSSR count). The third-order valence-corrected chi connectivity index (χ3v) is 2.33. The van der Waals surface area contributed by atoms with Crippen molar-refractivity contribution in [2.24, 2.45) is 0 Å². The highest BCUT2D eigenvalue weighted by Gasteiger charge is 2.11. The van der Waals surface area contributed by atoms with E-state index < -0.39 is 4.92 Å². The molecule has 1 heterocycles. The normalized spacial score (nSPS) is 10.1. The van der Waals surface area contributed by atoms with Gasteiger partial charge in [-0.1, -0.05) is 18.2 Å². The fourth-order valence-corrected chi connectivity index (χ4v) is 1.45. The molecule has 0 bridgehead atoms.